The number of para-hydroxylation sites is 1. The summed E-state index contributed by atoms with van der Waals surface area (Å²) in [6.45, 7) is 3.50. The van der Waals surface area contributed by atoms with Crippen LogP contribution in [0.15, 0.2) is 77.4 Å². The molecule has 8 heteroatoms. The zero-order valence-electron chi connectivity index (χ0n) is 18.1. The molecule has 3 amide bonds. The van der Waals surface area contributed by atoms with E-state index in [-0.39, 0.29) is 5.76 Å². The molecule has 0 saturated heterocycles. The smallest absolute Gasteiger partial charge is 0.287 e. The molecule has 2 heterocycles. The van der Waals surface area contributed by atoms with Gasteiger partial charge in [-0.3, -0.25) is 25.2 Å². The second kappa shape index (κ2) is 9.35. The molecule has 2 aromatic carbocycles. The van der Waals surface area contributed by atoms with Gasteiger partial charge in [0, 0.05) is 10.9 Å². The molecule has 8 nitrogen and oxygen atoms in total. The van der Waals surface area contributed by atoms with Gasteiger partial charge in [-0.25, -0.2) is 4.98 Å². The van der Waals surface area contributed by atoms with Crippen LogP contribution in [0.1, 0.15) is 33.4 Å². The summed E-state index contributed by atoms with van der Waals surface area (Å²) in [6.07, 6.45) is 1.36. The van der Waals surface area contributed by atoms with Crippen molar-refractivity contribution in [3.63, 3.8) is 0 Å². The van der Waals surface area contributed by atoms with Crippen LogP contribution in [0.4, 0.5) is 0 Å². The van der Waals surface area contributed by atoms with Crippen molar-refractivity contribution in [2.75, 3.05) is 0 Å². The lowest BCUT2D eigenvalue weighted by atomic mass is 10.0. The molecule has 0 radical (unpaired) electrons. The van der Waals surface area contributed by atoms with E-state index in [2.05, 4.69) is 21.2 Å². The van der Waals surface area contributed by atoms with Gasteiger partial charge in [0.05, 0.1) is 23.0 Å². The first kappa shape index (κ1) is 21.8. The summed E-state index contributed by atoms with van der Waals surface area (Å²) in [5.74, 6) is -1.53. The quantitative estimate of drug-likeness (QED) is 0.410. The third kappa shape index (κ3) is 4.90. The summed E-state index contributed by atoms with van der Waals surface area (Å²) in [5, 5.41) is 3.16. The number of pyridine rings is 1. The minimum Gasteiger partial charge on any atom is -0.459 e. The summed E-state index contributed by atoms with van der Waals surface area (Å²) in [4.78, 5) is 42.1. The van der Waals surface area contributed by atoms with Crippen LogP contribution in [-0.4, -0.2) is 28.7 Å². The fraction of sp³-hybridized carbons (Fsp3) is 0.120. The van der Waals surface area contributed by atoms with Crippen molar-refractivity contribution in [3.8, 4) is 11.3 Å². The highest BCUT2D eigenvalue weighted by atomic mass is 16.3. The number of rotatable bonds is 5. The molecule has 0 aliphatic carbocycles. The Morgan fingerprint density at radius 1 is 0.909 bits per heavy atom. The van der Waals surface area contributed by atoms with Crippen molar-refractivity contribution >= 4 is 28.6 Å². The van der Waals surface area contributed by atoms with Gasteiger partial charge >= 0.3 is 0 Å². The van der Waals surface area contributed by atoms with E-state index in [1.807, 2.05) is 49.4 Å². The third-order valence-corrected chi connectivity index (χ3v) is 5.09. The Morgan fingerprint density at radius 2 is 1.67 bits per heavy atom. The second-order valence-corrected chi connectivity index (χ2v) is 7.55. The van der Waals surface area contributed by atoms with E-state index in [9.17, 15) is 14.4 Å². The highest BCUT2D eigenvalue weighted by Crippen LogP contribution is 2.25. The first-order valence-corrected chi connectivity index (χ1v) is 10.3. The Kier molecular flexibility index (Phi) is 6.17. The summed E-state index contributed by atoms with van der Waals surface area (Å²) in [6, 6.07) is 19.0. The van der Waals surface area contributed by atoms with E-state index in [1.165, 1.54) is 19.3 Å². The van der Waals surface area contributed by atoms with Gasteiger partial charge in [-0.15, -0.1) is 0 Å². The molecule has 0 unspecified atom stereocenters. The summed E-state index contributed by atoms with van der Waals surface area (Å²) >= 11 is 0. The van der Waals surface area contributed by atoms with Crippen LogP contribution in [0.3, 0.4) is 0 Å². The Hall–Kier alpha value is -4.46. The summed E-state index contributed by atoms with van der Waals surface area (Å²) < 4.78 is 5.01. The minimum absolute atomic E-state index is 0.0885. The van der Waals surface area contributed by atoms with Crippen LogP contribution in [0.25, 0.3) is 22.2 Å². The van der Waals surface area contributed by atoms with Crippen molar-refractivity contribution in [1.82, 2.24) is 21.2 Å². The van der Waals surface area contributed by atoms with E-state index >= 15 is 0 Å². The summed E-state index contributed by atoms with van der Waals surface area (Å²) in [5.41, 5.74) is 8.44. The number of aryl methyl sites for hydroxylation is 1. The minimum atomic E-state index is -0.903. The molecule has 0 bridgehead atoms. The molecular formula is C25H22N4O4. The van der Waals surface area contributed by atoms with Crippen LogP contribution >= 0.6 is 0 Å². The average Bonchev–Trinajstić information content (AvgIpc) is 3.37. The average molecular weight is 442 g/mol. The van der Waals surface area contributed by atoms with Crippen LogP contribution < -0.4 is 16.2 Å². The number of fused-ring (bicyclic) bond motifs is 1. The van der Waals surface area contributed by atoms with Gasteiger partial charge in [0.15, 0.2) is 5.76 Å². The molecule has 4 aromatic rings. The molecule has 0 saturated carbocycles. The van der Waals surface area contributed by atoms with Gasteiger partial charge in [0.1, 0.15) is 6.04 Å². The lowest BCUT2D eigenvalue weighted by molar-refractivity contribution is -0.123. The molecule has 0 fully saturated rings. The molecule has 4 rings (SSSR count). The van der Waals surface area contributed by atoms with E-state index in [0.717, 1.165) is 11.1 Å². The maximum absolute atomic E-state index is 13.0. The number of hydrazine groups is 1. The Labute approximate surface area is 190 Å². The van der Waals surface area contributed by atoms with E-state index in [4.69, 9.17) is 4.42 Å². The number of aromatic nitrogens is 1. The van der Waals surface area contributed by atoms with Crippen molar-refractivity contribution < 1.29 is 18.8 Å². The first-order valence-electron chi connectivity index (χ1n) is 10.3. The number of amides is 3. The zero-order chi connectivity index (χ0) is 23.4. The largest absolute Gasteiger partial charge is 0.459 e. The Bertz CT molecular complexity index is 1310. The van der Waals surface area contributed by atoms with Gasteiger partial charge < -0.3 is 9.73 Å². The van der Waals surface area contributed by atoms with Crippen molar-refractivity contribution in [2.24, 2.45) is 0 Å². The Balaban J connectivity index is 1.51. The zero-order valence-corrected chi connectivity index (χ0v) is 18.1. The van der Waals surface area contributed by atoms with Crippen molar-refractivity contribution in [3.05, 3.63) is 89.9 Å². The maximum Gasteiger partial charge on any atom is 0.287 e. The number of hydrogen-bond donors (Lipinski definition) is 3. The lowest BCUT2D eigenvalue weighted by Crippen LogP contribution is -2.51. The molecule has 0 spiro atoms. The molecule has 0 aliphatic rings. The topological polar surface area (TPSA) is 113 Å². The van der Waals surface area contributed by atoms with Crippen LogP contribution in [0.5, 0.6) is 0 Å². The monoisotopic (exact) mass is 442 g/mol. The molecule has 3 N–H and O–H groups in total. The number of nitrogens with zero attached hydrogens (tertiary/aromatic N) is 1. The Morgan fingerprint density at radius 3 is 2.39 bits per heavy atom. The van der Waals surface area contributed by atoms with Gasteiger partial charge in [-0.05, 0) is 38.1 Å². The van der Waals surface area contributed by atoms with E-state index in [0.29, 0.717) is 22.2 Å². The predicted molar refractivity (Wildman–Crippen MR) is 123 cm³/mol. The number of benzene rings is 2. The summed E-state index contributed by atoms with van der Waals surface area (Å²) in [7, 11) is 0. The highest BCUT2D eigenvalue weighted by molar-refractivity contribution is 6.07. The fourth-order valence-corrected chi connectivity index (χ4v) is 3.27. The SMILES string of the molecule is Cc1ccc(-c2cc(C(=O)NNC(=O)[C@H](C)NC(=O)c3ccco3)c3ccccc3n2)cc1. The number of furan rings is 1. The fourth-order valence-electron chi connectivity index (χ4n) is 3.27. The van der Waals surface area contributed by atoms with E-state index < -0.39 is 23.8 Å². The molecular weight excluding hydrogens is 420 g/mol. The third-order valence-electron chi connectivity index (χ3n) is 5.09. The maximum atomic E-state index is 13.0. The molecule has 0 aliphatic heterocycles. The van der Waals surface area contributed by atoms with E-state index in [1.54, 1.807) is 18.2 Å². The van der Waals surface area contributed by atoms with Crippen molar-refractivity contribution in [2.45, 2.75) is 19.9 Å². The number of nitrogens with one attached hydrogen (secondary N) is 3. The molecule has 1 atom stereocenters. The van der Waals surface area contributed by atoms with Crippen LogP contribution in [-0.2, 0) is 4.79 Å². The van der Waals surface area contributed by atoms with Crippen molar-refractivity contribution in [1.29, 1.82) is 0 Å². The number of carbonyl (C=O) groups excluding carboxylic acids is 3. The van der Waals surface area contributed by atoms with Gasteiger partial charge in [-0.1, -0.05) is 48.0 Å². The number of hydrogen-bond acceptors (Lipinski definition) is 5. The molecule has 33 heavy (non-hydrogen) atoms. The predicted octanol–water partition coefficient (Wildman–Crippen LogP) is 3.38. The standard InChI is InChI=1S/C25H22N4O4/c1-15-9-11-17(12-10-15)21-14-19(18-6-3-4-7-20(18)27-21)24(31)29-28-23(30)16(2)26-25(32)22-8-5-13-33-22/h3-14,16H,1-2H3,(H,26,32)(H,28,30)(H,29,31)/t16-/m0/s1. The van der Waals surface area contributed by atoms with Gasteiger partial charge in [0.25, 0.3) is 17.7 Å². The van der Waals surface area contributed by atoms with Crippen LogP contribution in [0, 0.1) is 6.92 Å². The molecule has 166 valence electrons. The van der Waals surface area contributed by atoms with Gasteiger partial charge in [0.2, 0.25) is 0 Å². The highest BCUT2D eigenvalue weighted by Gasteiger charge is 2.20. The molecule has 2 aromatic heterocycles. The van der Waals surface area contributed by atoms with Gasteiger partial charge in [-0.2, -0.15) is 0 Å². The lowest BCUT2D eigenvalue weighted by Gasteiger charge is -2.15. The first-order chi connectivity index (χ1) is 15.9. The number of carbonyl (C=O) groups is 3. The van der Waals surface area contributed by atoms with Crippen LogP contribution in [0.2, 0.25) is 0 Å². The normalized spacial score (nSPS) is 11.6. The second-order valence-electron chi connectivity index (χ2n) is 7.55.